The van der Waals surface area contributed by atoms with Crippen LogP contribution in [0.4, 0.5) is 22.0 Å². The van der Waals surface area contributed by atoms with E-state index in [1.54, 1.807) is 34.9 Å². The van der Waals surface area contributed by atoms with Crippen molar-refractivity contribution >= 4 is 18.9 Å². The Morgan fingerprint density at radius 2 is 1.64 bits per heavy atom. The fraction of sp³-hybridized carbons (Fsp3) is 0.300. The van der Waals surface area contributed by atoms with Crippen molar-refractivity contribution in [3.8, 4) is 5.75 Å². The third kappa shape index (κ3) is 8.02. The second kappa shape index (κ2) is 10.6. The molecule has 0 heterocycles. The van der Waals surface area contributed by atoms with E-state index >= 15 is 0 Å². The molecule has 2 aromatic rings. The van der Waals surface area contributed by atoms with E-state index < -0.39 is 49.5 Å². The number of benzene rings is 2. The minimum atomic E-state index is -4.96. The highest BCUT2D eigenvalue weighted by Crippen LogP contribution is 2.23. The fourth-order valence-electron chi connectivity index (χ4n) is 2.72. The molecule has 0 aliphatic rings. The number of alkyl halides is 5. The molecule has 1 atom stereocenters. The number of carbonyl (C=O) groups excluding carboxylic acids is 2. The van der Waals surface area contributed by atoms with E-state index in [4.69, 9.17) is 0 Å². The fourth-order valence-corrected chi connectivity index (χ4v) is 2.72. The standard InChI is InChI=1S/C20H20BF5N2O5/c1-12-5-7-13(8-6-12)10-16(21(31)32)28-18(30)19(22,23)17(29)27-11-14-3-2-4-15(9-14)33-20(24,25)26/h2-9,16,31-32H,10-11H2,1H3,(H,27,29)(H,28,30). The van der Waals surface area contributed by atoms with Gasteiger partial charge < -0.3 is 25.4 Å². The minimum Gasteiger partial charge on any atom is -0.426 e. The molecule has 178 valence electrons. The van der Waals surface area contributed by atoms with Gasteiger partial charge in [0.1, 0.15) is 5.75 Å². The van der Waals surface area contributed by atoms with E-state index in [0.29, 0.717) is 5.56 Å². The molecule has 0 bridgehead atoms. The molecule has 13 heteroatoms. The van der Waals surface area contributed by atoms with Crippen molar-refractivity contribution in [1.29, 1.82) is 0 Å². The van der Waals surface area contributed by atoms with E-state index in [9.17, 15) is 41.6 Å². The second-order valence-corrected chi connectivity index (χ2v) is 7.14. The summed E-state index contributed by atoms with van der Waals surface area (Å²) < 4.78 is 69.1. The third-order valence-corrected chi connectivity index (χ3v) is 4.41. The van der Waals surface area contributed by atoms with Gasteiger partial charge in [-0.2, -0.15) is 8.78 Å². The van der Waals surface area contributed by atoms with Crippen LogP contribution in [0.15, 0.2) is 48.5 Å². The number of hydrogen-bond acceptors (Lipinski definition) is 5. The Morgan fingerprint density at radius 3 is 2.21 bits per heavy atom. The molecule has 2 rings (SSSR count). The molecule has 0 aliphatic heterocycles. The first kappa shape index (κ1) is 26.1. The topological polar surface area (TPSA) is 108 Å². The maximum Gasteiger partial charge on any atom is 0.573 e. The summed E-state index contributed by atoms with van der Waals surface area (Å²) in [4.78, 5) is 23.9. The molecule has 4 N–H and O–H groups in total. The molecule has 0 fully saturated rings. The minimum absolute atomic E-state index is 0.00401. The first-order valence-corrected chi connectivity index (χ1v) is 9.51. The third-order valence-electron chi connectivity index (χ3n) is 4.41. The monoisotopic (exact) mass is 474 g/mol. The quantitative estimate of drug-likeness (QED) is 0.252. The molecule has 7 nitrogen and oxygen atoms in total. The van der Waals surface area contributed by atoms with Crippen LogP contribution in [-0.2, 0) is 22.6 Å². The van der Waals surface area contributed by atoms with E-state index in [-0.39, 0.29) is 12.0 Å². The highest BCUT2D eigenvalue weighted by molar-refractivity contribution is 6.43. The van der Waals surface area contributed by atoms with Gasteiger partial charge in [-0.05, 0) is 36.6 Å². The van der Waals surface area contributed by atoms with E-state index in [2.05, 4.69) is 4.74 Å². The molecule has 1 unspecified atom stereocenters. The first-order chi connectivity index (χ1) is 15.3. The number of aryl methyl sites for hydroxylation is 1. The van der Waals surface area contributed by atoms with Gasteiger partial charge in [-0.1, -0.05) is 42.0 Å². The first-order valence-electron chi connectivity index (χ1n) is 9.51. The Morgan fingerprint density at radius 1 is 1.00 bits per heavy atom. The molecule has 2 amide bonds. The van der Waals surface area contributed by atoms with Crippen molar-refractivity contribution in [3.63, 3.8) is 0 Å². The number of halogens is 5. The van der Waals surface area contributed by atoms with Crippen LogP contribution in [0.1, 0.15) is 16.7 Å². The van der Waals surface area contributed by atoms with Gasteiger partial charge in [0.2, 0.25) is 0 Å². The molecular weight excluding hydrogens is 454 g/mol. The van der Waals surface area contributed by atoms with Crippen LogP contribution in [-0.4, -0.2) is 47.2 Å². The molecule has 33 heavy (non-hydrogen) atoms. The van der Waals surface area contributed by atoms with Gasteiger partial charge in [0, 0.05) is 6.54 Å². The van der Waals surface area contributed by atoms with E-state index in [1.807, 2.05) is 6.92 Å². The summed E-state index contributed by atoms with van der Waals surface area (Å²) in [6, 6.07) is 10.9. The lowest BCUT2D eigenvalue weighted by Crippen LogP contribution is -2.57. The Bertz CT molecular complexity index is 970. The van der Waals surface area contributed by atoms with Crippen LogP contribution in [0.25, 0.3) is 0 Å². The van der Waals surface area contributed by atoms with E-state index in [1.165, 1.54) is 6.07 Å². The highest BCUT2D eigenvalue weighted by Gasteiger charge is 2.48. The number of ether oxygens (including phenoxy) is 1. The number of carbonyl (C=O) groups is 2. The van der Waals surface area contributed by atoms with Gasteiger partial charge in [0.15, 0.2) is 0 Å². The smallest absolute Gasteiger partial charge is 0.426 e. The van der Waals surface area contributed by atoms with Crippen LogP contribution >= 0.6 is 0 Å². The van der Waals surface area contributed by atoms with Crippen molar-refractivity contribution < 1.29 is 46.3 Å². The van der Waals surface area contributed by atoms with Crippen LogP contribution in [0.3, 0.4) is 0 Å². The zero-order chi connectivity index (χ0) is 24.8. The average Bonchev–Trinajstić information content (AvgIpc) is 2.71. The number of nitrogens with one attached hydrogen (secondary N) is 2. The molecule has 0 saturated carbocycles. The Balaban J connectivity index is 2.00. The zero-order valence-corrected chi connectivity index (χ0v) is 17.2. The number of rotatable bonds is 9. The summed E-state index contributed by atoms with van der Waals surface area (Å²) >= 11 is 0. The van der Waals surface area contributed by atoms with Crippen molar-refractivity contribution in [3.05, 3.63) is 65.2 Å². The van der Waals surface area contributed by atoms with Crippen molar-refractivity contribution in [2.75, 3.05) is 0 Å². The molecule has 2 aromatic carbocycles. The highest BCUT2D eigenvalue weighted by atomic mass is 19.4. The van der Waals surface area contributed by atoms with Gasteiger partial charge in [-0.15, -0.1) is 13.2 Å². The molecule has 0 saturated heterocycles. The maximum atomic E-state index is 14.3. The van der Waals surface area contributed by atoms with Crippen LogP contribution in [0.5, 0.6) is 5.75 Å². The number of hydrogen-bond donors (Lipinski definition) is 4. The maximum absolute atomic E-state index is 14.3. The summed E-state index contributed by atoms with van der Waals surface area (Å²) in [5, 5.41) is 22.4. The summed E-state index contributed by atoms with van der Waals surface area (Å²) in [5.41, 5.74) is 1.43. The van der Waals surface area contributed by atoms with Gasteiger partial charge in [-0.25, -0.2) is 0 Å². The SMILES string of the molecule is Cc1ccc(CC(NC(=O)C(F)(F)C(=O)NCc2cccc(OC(F)(F)F)c2)B(O)O)cc1. The summed E-state index contributed by atoms with van der Waals surface area (Å²) in [7, 11) is -2.19. The predicted molar refractivity (Wildman–Crippen MR) is 107 cm³/mol. The van der Waals surface area contributed by atoms with Gasteiger partial charge in [0.25, 0.3) is 5.91 Å². The lowest BCUT2D eigenvalue weighted by molar-refractivity contribution is -0.274. The van der Waals surface area contributed by atoms with Gasteiger partial charge in [0.05, 0.1) is 5.94 Å². The van der Waals surface area contributed by atoms with Crippen molar-refractivity contribution in [2.24, 2.45) is 0 Å². The summed E-state index contributed by atoms with van der Waals surface area (Å²) in [6.07, 6.45) is -5.16. The summed E-state index contributed by atoms with van der Waals surface area (Å²) in [5.74, 6) is -10.8. The average molecular weight is 474 g/mol. The lowest BCUT2D eigenvalue weighted by Gasteiger charge is -2.22. The Hall–Kier alpha value is -3.19. The van der Waals surface area contributed by atoms with Crippen LogP contribution in [0, 0.1) is 6.92 Å². The second-order valence-electron chi connectivity index (χ2n) is 7.14. The van der Waals surface area contributed by atoms with E-state index in [0.717, 1.165) is 23.8 Å². The van der Waals surface area contributed by atoms with Crippen molar-refractivity contribution in [1.82, 2.24) is 10.6 Å². The molecular formula is C20H20BF5N2O5. The van der Waals surface area contributed by atoms with Crippen LogP contribution < -0.4 is 15.4 Å². The zero-order valence-electron chi connectivity index (χ0n) is 17.2. The largest absolute Gasteiger partial charge is 0.573 e. The van der Waals surface area contributed by atoms with Gasteiger partial charge in [-0.3, -0.25) is 9.59 Å². The van der Waals surface area contributed by atoms with Crippen molar-refractivity contribution in [2.45, 2.75) is 38.1 Å². The molecule has 0 aromatic heterocycles. The number of amides is 2. The molecule has 0 spiro atoms. The normalized spacial score (nSPS) is 12.6. The van der Waals surface area contributed by atoms with Crippen LogP contribution in [0.2, 0.25) is 0 Å². The predicted octanol–water partition coefficient (Wildman–Crippen LogP) is 1.88. The summed E-state index contributed by atoms with van der Waals surface area (Å²) in [6.45, 7) is 1.19. The lowest BCUT2D eigenvalue weighted by atomic mass is 9.75. The molecule has 0 radical (unpaired) electrons. The Labute approximate surface area is 185 Å². The Kier molecular flexibility index (Phi) is 8.39. The van der Waals surface area contributed by atoms with Gasteiger partial charge >= 0.3 is 25.3 Å². The molecule has 0 aliphatic carbocycles.